The number of carboxylic acids is 1. The number of aromatic amines is 1. The predicted molar refractivity (Wildman–Crippen MR) is 363 cm³/mol. The standard InChI is InChI=1S/C68H83N15O15/c1-37(84)26-38-15-19-56(95-2)44(27-38)62(91)80-49(12-7-23-76-66(70)71)53(85)31-39-16-20-57(96-3)45(28-39)63(92)81-50(13-8-24-77-67(72)73)55(87)33-41-18-22-59(98-36-60(88)89)47(30-41)65(94)82-51(14-9-25-78-68(74)75)54(86)32-40-17-21-58(97-4)46(29-40)64(93)83-52(61(69)90)34-42-35-79-48-11-6-5-10-43(42)48/h5-6,10-11,15-22,27-30,35,49-52,79H,7-9,12-14,23-26,31-34,36H2,1-4H3,(H2,69,90)(H,80,91)(H,81,92)(H,82,94)(H,83,93)(H,88,89)(H4,70,71,76)(H4,72,73,77)(H4,74,75,78)/t49-,50-,51-,52-/m1/s1. The van der Waals surface area contributed by atoms with Gasteiger partial charge in [0.25, 0.3) is 23.6 Å². The Kier molecular flexibility index (Phi) is 28.2. The van der Waals surface area contributed by atoms with Gasteiger partial charge in [-0.05, 0) is 128 Å². The third-order valence-corrected chi connectivity index (χ3v) is 15.5. The summed E-state index contributed by atoms with van der Waals surface area (Å²) < 4.78 is 22.1. The van der Waals surface area contributed by atoms with E-state index in [1.807, 2.05) is 24.3 Å². The zero-order chi connectivity index (χ0) is 71.6. The molecule has 6 aromatic rings. The number of para-hydroxylation sites is 1. The first-order valence-electron chi connectivity index (χ1n) is 31.1. The number of ketones is 4. The third kappa shape index (κ3) is 22.7. The van der Waals surface area contributed by atoms with Crippen LogP contribution in [0.15, 0.2) is 103 Å². The molecule has 0 spiro atoms. The first kappa shape index (κ1) is 75.2. The van der Waals surface area contributed by atoms with Gasteiger partial charge in [-0.3, -0.25) is 59.4 Å². The molecule has 1 heterocycles. The second-order valence-corrected chi connectivity index (χ2v) is 22.9. The Bertz CT molecular complexity index is 3960. The molecule has 0 radical (unpaired) electrons. The van der Waals surface area contributed by atoms with Crippen molar-refractivity contribution < 1.29 is 72.0 Å². The number of carbonyl (C=O) groups excluding carboxylic acids is 9. The van der Waals surface area contributed by atoms with Gasteiger partial charge in [-0.15, -0.1) is 0 Å². The van der Waals surface area contributed by atoms with Crippen LogP contribution in [0.4, 0.5) is 0 Å². The van der Waals surface area contributed by atoms with E-state index in [1.165, 1.54) is 82.9 Å². The number of methoxy groups -OCH3 is 3. The van der Waals surface area contributed by atoms with Gasteiger partial charge in [-0.25, -0.2) is 4.79 Å². The van der Waals surface area contributed by atoms with E-state index in [0.717, 1.165) is 16.5 Å². The third-order valence-electron chi connectivity index (χ3n) is 15.5. The van der Waals surface area contributed by atoms with Gasteiger partial charge in [0.2, 0.25) is 5.91 Å². The summed E-state index contributed by atoms with van der Waals surface area (Å²) in [6.07, 6.45) is 1.35. The quantitative estimate of drug-likeness (QED) is 0.0149. The molecule has 4 atom stereocenters. The van der Waals surface area contributed by atoms with Crippen molar-refractivity contribution in [3.8, 4) is 23.0 Å². The maximum atomic E-state index is 14.6. The summed E-state index contributed by atoms with van der Waals surface area (Å²) in [4.78, 5) is 140. The molecule has 0 fully saturated rings. The van der Waals surface area contributed by atoms with Crippen molar-refractivity contribution >= 4 is 87.4 Å². The number of rotatable bonds is 40. The second-order valence-electron chi connectivity index (χ2n) is 22.9. The molecule has 98 heavy (non-hydrogen) atoms. The van der Waals surface area contributed by atoms with E-state index in [4.69, 9.17) is 58.1 Å². The monoisotopic (exact) mass is 1350 g/mol. The first-order valence-corrected chi connectivity index (χ1v) is 31.1. The van der Waals surface area contributed by atoms with Crippen molar-refractivity contribution in [1.29, 1.82) is 16.2 Å². The highest BCUT2D eigenvalue weighted by Crippen LogP contribution is 2.27. The number of amides is 5. The average Bonchev–Trinajstić information content (AvgIpc) is 1.87. The van der Waals surface area contributed by atoms with E-state index in [0.29, 0.717) is 16.7 Å². The van der Waals surface area contributed by atoms with Crippen molar-refractivity contribution in [3.63, 3.8) is 0 Å². The summed E-state index contributed by atoms with van der Waals surface area (Å²) in [7, 11) is 4.01. The number of ether oxygens (including phenoxy) is 4. The number of guanidine groups is 3. The minimum Gasteiger partial charge on any atom is -0.496 e. The van der Waals surface area contributed by atoms with Crippen molar-refractivity contribution in [2.24, 2.45) is 22.9 Å². The minimum absolute atomic E-state index is 0.0247. The Labute approximate surface area is 564 Å². The zero-order valence-electron chi connectivity index (χ0n) is 54.7. The van der Waals surface area contributed by atoms with Crippen molar-refractivity contribution in [2.75, 3.05) is 47.6 Å². The number of hydrogen-bond acceptors (Lipinski definition) is 17. The number of hydrogen-bond donors (Lipinski definition) is 16. The number of nitrogens with one attached hydrogen (secondary N) is 11. The van der Waals surface area contributed by atoms with Crippen LogP contribution in [0.1, 0.15) is 115 Å². The molecule has 6 rings (SSSR count). The van der Waals surface area contributed by atoms with Crippen LogP contribution in [-0.2, 0) is 60.9 Å². The molecule has 30 heteroatoms. The molecule has 30 nitrogen and oxygen atoms in total. The van der Waals surface area contributed by atoms with Crippen molar-refractivity contribution in [3.05, 3.63) is 153 Å². The van der Waals surface area contributed by atoms with Crippen LogP contribution in [0.25, 0.3) is 10.9 Å². The lowest BCUT2D eigenvalue weighted by Crippen LogP contribution is -2.46. The Morgan fingerprint density at radius 2 is 0.827 bits per heavy atom. The Morgan fingerprint density at radius 3 is 1.17 bits per heavy atom. The highest BCUT2D eigenvalue weighted by molar-refractivity contribution is 6.04. The normalized spacial score (nSPS) is 12.0. The number of nitrogens with two attached hydrogens (primary N) is 4. The molecular weight excluding hydrogens is 1270 g/mol. The molecule has 0 aliphatic carbocycles. The molecule has 20 N–H and O–H groups in total. The molecular formula is C68H83N15O15. The molecule has 0 unspecified atom stereocenters. The van der Waals surface area contributed by atoms with Gasteiger partial charge in [-0.1, -0.05) is 42.5 Å². The lowest BCUT2D eigenvalue weighted by atomic mass is 9.96. The van der Waals surface area contributed by atoms with E-state index in [9.17, 15) is 53.1 Å². The van der Waals surface area contributed by atoms with Gasteiger partial charge >= 0.3 is 5.97 Å². The lowest BCUT2D eigenvalue weighted by molar-refractivity contribution is -0.139. The van der Waals surface area contributed by atoms with Crippen LogP contribution in [0, 0.1) is 16.2 Å². The lowest BCUT2D eigenvalue weighted by Gasteiger charge is -2.21. The summed E-state index contributed by atoms with van der Waals surface area (Å²) in [5.41, 5.74) is 24.9. The smallest absolute Gasteiger partial charge is 0.341 e. The highest BCUT2D eigenvalue weighted by atomic mass is 16.5. The summed E-state index contributed by atoms with van der Waals surface area (Å²) in [5.74, 6) is -7.97. The fraction of sp³-hybridized carbons (Fsp3) is 0.338. The van der Waals surface area contributed by atoms with Gasteiger partial charge in [0.15, 0.2) is 41.8 Å². The first-order chi connectivity index (χ1) is 46.8. The van der Waals surface area contributed by atoms with Gasteiger partial charge in [0.1, 0.15) is 34.8 Å². The number of primary amides is 1. The topological polar surface area (TPSA) is 503 Å². The molecule has 0 saturated heterocycles. The largest absolute Gasteiger partial charge is 0.496 e. The molecule has 0 aliphatic heterocycles. The molecule has 520 valence electrons. The Balaban J connectivity index is 1.24. The molecule has 5 amide bonds. The number of carboxylic acid groups (broad SMARTS) is 1. The molecule has 1 aromatic heterocycles. The van der Waals surface area contributed by atoms with Crippen LogP contribution < -0.4 is 79.1 Å². The maximum Gasteiger partial charge on any atom is 0.341 e. The predicted octanol–water partition coefficient (Wildman–Crippen LogP) is 2.14. The fourth-order valence-electron chi connectivity index (χ4n) is 10.7. The molecule has 0 bridgehead atoms. The number of fused-ring (bicyclic) bond motifs is 1. The summed E-state index contributed by atoms with van der Waals surface area (Å²) >= 11 is 0. The minimum atomic E-state index is -1.39. The average molecular weight is 1350 g/mol. The maximum absolute atomic E-state index is 14.6. The summed E-state index contributed by atoms with van der Waals surface area (Å²) in [6.45, 7) is 0.916. The van der Waals surface area contributed by atoms with Gasteiger partial charge in [0, 0.05) is 68.8 Å². The summed E-state index contributed by atoms with van der Waals surface area (Å²) in [6, 6.07) is 20.0. The number of carbonyl (C=O) groups is 10. The van der Waals surface area contributed by atoms with Crippen LogP contribution in [0.5, 0.6) is 23.0 Å². The number of benzene rings is 5. The number of Topliss-reactive ketones (excluding diaryl/α,β-unsaturated/α-hetero) is 4. The second kappa shape index (κ2) is 36.7. The van der Waals surface area contributed by atoms with E-state index < -0.39 is 90.1 Å². The molecule has 5 aromatic carbocycles. The van der Waals surface area contributed by atoms with Gasteiger partial charge in [-0.2, -0.15) is 0 Å². The fourth-order valence-corrected chi connectivity index (χ4v) is 10.7. The highest BCUT2D eigenvalue weighted by Gasteiger charge is 2.30. The van der Waals surface area contributed by atoms with E-state index in [1.54, 1.807) is 24.4 Å². The molecule has 0 saturated carbocycles. The van der Waals surface area contributed by atoms with Crippen LogP contribution >= 0.6 is 0 Å². The van der Waals surface area contributed by atoms with Crippen molar-refractivity contribution in [2.45, 2.75) is 102 Å². The van der Waals surface area contributed by atoms with E-state index in [-0.39, 0.29) is 158 Å². The zero-order valence-corrected chi connectivity index (χ0v) is 54.7. The van der Waals surface area contributed by atoms with E-state index >= 15 is 0 Å². The van der Waals surface area contributed by atoms with Gasteiger partial charge < -0.3 is 89.2 Å². The SMILES string of the molecule is COc1ccc(CC(=O)[C@@H](CCCNC(=N)N)NC(=O)c2cc(CC(=O)[C@@H](CCCNC(=N)N)NC(=O)c3cc(CC(=O)[C@@H](CCCNC(=N)N)NC(=O)c4cc(CC(C)=O)ccc4OC)ccc3OC)ccc2OCC(=O)O)cc1C(=O)N[C@H](Cc1c[nH]c2ccccc12)C(N)=O. The number of aliphatic carboxylic acids is 1. The number of aromatic nitrogens is 1. The number of H-pyrrole nitrogens is 1. The van der Waals surface area contributed by atoms with Crippen molar-refractivity contribution in [1.82, 2.24) is 42.2 Å². The Hall–Kier alpha value is -11.9. The van der Waals surface area contributed by atoms with Crippen LogP contribution in [-0.4, -0.2) is 158 Å². The van der Waals surface area contributed by atoms with E-state index in [2.05, 4.69) is 42.2 Å². The van der Waals surface area contributed by atoms with Gasteiger partial charge in [0.05, 0.1) is 61.7 Å². The Morgan fingerprint density at radius 1 is 0.480 bits per heavy atom. The van der Waals surface area contributed by atoms with Crippen LogP contribution in [0.3, 0.4) is 0 Å². The summed E-state index contributed by atoms with van der Waals surface area (Å²) in [5, 5.41) is 52.3. The molecule has 0 aliphatic rings. The van der Waals surface area contributed by atoms with Crippen LogP contribution in [0.2, 0.25) is 0 Å².